The van der Waals surface area contributed by atoms with Crippen molar-refractivity contribution < 1.29 is 9.47 Å². The molecule has 0 bridgehead atoms. The Balaban J connectivity index is 1.73. The lowest BCUT2D eigenvalue weighted by atomic mass is 10.2. The average molecular weight is 254 g/mol. The van der Waals surface area contributed by atoms with Crippen LogP contribution in [0.5, 0.6) is 0 Å². The maximum atomic E-state index is 5.59. The summed E-state index contributed by atoms with van der Waals surface area (Å²) in [4.78, 5) is 0. The molecule has 2 aromatic rings. The highest BCUT2D eigenvalue weighted by molar-refractivity contribution is 5.47. The Hall–Kier alpha value is -2.06. The van der Waals surface area contributed by atoms with E-state index >= 15 is 0 Å². The molecule has 2 aromatic carbocycles. The molecule has 2 rings (SSSR count). The normalized spacial score (nSPS) is 12.5. The SMILES string of the molecule is CC(OC=Cc1ccccc1)OCc1ccccc1. The van der Waals surface area contributed by atoms with Crippen molar-refractivity contribution in [2.45, 2.75) is 19.8 Å². The lowest BCUT2D eigenvalue weighted by molar-refractivity contribution is -0.101. The molecule has 98 valence electrons. The van der Waals surface area contributed by atoms with Crippen molar-refractivity contribution in [3.8, 4) is 0 Å². The van der Waals surface area contributed by atoms with E-state index in [0.29, 0.717) is 6.61 Å². The molecule has 2 heteroatoms. The fraction of sp³-hybridized carbons (Fsp3) is 0.176. The summed E-state index contributed by atoms with van der Waals surface area (Å²) < 4.78 is 11.1. The molecule has 1 atom stereocenters. The minimum Gasteiger partial charge on any atom is -0.473 e. The van der Waals surface area contributed by atoms with Gasteiger partial charge in [0.25, 0.3) is 0 Å². The van der Waals surface area contributed by atoms with Crippen LogP contribution in [0.25, 0.3) is 6.08 Å². The van der Waals surface area contributed by atoms with Gasteiger partial charge in [-0.15, -0.1) is 0 Å². The van der Waals surface area contributed by atoms with Crippen molar-refractivity contribution in [3.63, 3.8) is 0 Å². The molecule has 0 aromatic heterocycles. The first-order valence-electron chi connectivity index (χ1n) is 6.37. The molecule has 0 aliphatic carbocycles. The van der Waals surface area contributed by atoms with Crippen molar-refractivity contribution in [1.82, 2.24) is 0 Å². The third-order valence-electron chi connectivity index (χ3n) is 2.66. The molecule has 0 heterocycles. The molecule has 2 nitrogen and oxygen atoms in total. The Labute approximate surface area is 114 Å². The van der Waals surface area contributed by atoms with Crippen LogP contribution in [0.15, 0.2) is 66.9 Å². The van der Waals surface area contributed by atoms with Crippen molar-refractivity contribution in [1.29, 1.82) is 0 Å². The van der Waals surface area contributed by atoms with Gasteiger partial charge < -0.3 is 9.47 Å². The number of ether oxygens (including phenoxy) is 2. The van der Waals surface area contributed by atoms with E-state index in [0.717, 1.165) is 11.1 Å². The van der Waals surface area contributed by atoms with Crippen LogP contribution in [-0.4, -0.2) is 6.29 Å². The second-order valence-corrected chi connectivity index (χ2v) is 4.21. The van der Waals surface area contributed by atoms with E-state index in [1.807, 2.05) is 73.7 Å². The van der Waals surface area contributed by atoms with Crippen LogP contribution in [0.4, 0.5) is 0 Å². The number of rotatable bonds is 6. The molecule has 0 aliphatic heterocycles. The van der Waals surface area contributed by atoms with Gasteiger partial charge in [-0.2, -0.15) is 0 Å². The first-order valence-corrected chi connectivity index (χ1v) is 6.37. The van der Waals surface area contributed by atoms with Crippen LogP contribution in [0, 0.1) is 0 Å². The van der Waals surface area contributed by atoms with Crippen molar-refractivity contribution >= 4 is 6.08 Å². The maximum Gasteiger partial charge on any atom is 0.196 e. The van der Waals surface area contributed by atoms with E-state index in [1.165, 1.54) is 0 Å². The molecular weight excluding hydrogens is 236 g/mol. The summed E-state index contributed by atoms with van der Waals surface area (Å²) >= 11 is 0. The topological polar surface area (TPSA) is 18.5 Å². The van der Waals surface area contributed by atoms with Gasteiger partial charge in [0.2, 0.25) is 0 Å². The minimum absolute atomic E-state index is 0.264. The molecule has 19 heavy (non-hydrogen) atoms. The fourth-order valence-corrected chi connectivity index (χ4v) is 1.62. The molecule has 0 N–H and O–H groups in total. The summed E-state index contributed by atoms with van der Waals surface area (Å²) in [6.07, 6.45) is 3.33. The summed E-state index contributed by atoms with van der Waals surface area (Å²) in [5, 5.41) is 0. The average Bonchev–Trinajstić information content (AvgIpc) is 2.47. The third kappa shape index (κ3) is 4.98. The molecule has 0 fully saturated rings. The van der Waals surface area contributed by atoms with Crippen LogP contribution in [-0.2, 0) is 16.1 Å². The van der Waals surface area contributed by atoms with Gasteiger partial charge in [-0.05, 0) is 24.1 Å². The summed E-state index contributed by atoms with van der Waals surface area (Å²) in [5.74, 6) is 0. The molecule has 0 saturated carbocycles. The standard InChI is InChI=1S/C17H18O2/c1-15(19-14-17-10-6-3-7-11-17)18-13-12-16-8-4-2-5-9-16/h2-13,15H,14H2,1H3. The van der Waals surface area contributed by atoms with Crippen molar-refractivity contribution in [2.75, 3.05) is 0 Å². The van der Waals surface area contributed by atoms with Gasteiger partial charge in [0, 0.05) is 0 Å². The Morgan fingerprint density at radius 1 is 0.947 bits per heavy atom. The summed E-state index contributed by atoms with van der Waals surface area (Å²) in [6.45, 7) is 2.44. The van der Waals surface area contributed by atoms with Gasteiger partial charge in [0.1, 0.15) is 0 Å². The van der Waals surface area contributed by atoms with Gasteiger partial charge in [-0.25, -0.2) is 0 Å². The van der Waals surface area contributed by atoms with Crippen LogP contribution < -0.4 is 0 Å². The predicted molar refractivity (Wildman–Crippen MR) is 77.3 cm³/mol. The van der Waals surface area contributed by atoms with Crippen LogP contribution in [0.3, 0.4) is 0 Å². The molecule has 1 unspecified atom stereocenters. The highest BCUT2D eigenvalue weighted by atomic mass is 16.7. The molecule has 0 radical (unpaired) electrons. The summed E-state index contributed by atoms with van der Waals surface area (Å²) in [5.41, 5.74) is 2.25. The highest BCUT2D eigenvalue weighted by Gasteiger charge is 2.00. The molecule has 0 saturated heterocycles. The molecule has 0 amide bonds. The van der Waals surface area contributed by atoms with Crippen LogP contribution in [0.2, 0.25) is 0 Å². The van der Waals surface area contributed by atoms with E-state index in [2.05, 4.69) is 0 Å². The molecule has 0 aliphatic rings. The Kier molecular flexibility index (Phi) is 5.20. The van der Waals surface area contributed by atoms with Crippen LogP contribution in [0.1, 0.15) is 18.1 Å². The number of benzene rings is 2. The number of hydrogen-bond donors (Lipinski definition) is 0. The van der Waals surface area contributed by atoms with Gasteiger partial charge >= 0.3 is 0 Å². The zero-order valence-electron chi connectivity index (χ0n) is 11.0. The van der Waals surface area contributed by atoms with Gasteiger partial charge in [-0.1, -0.05) is 60.7 Å². The molecular formula is C17H18O2. The van der Waals surface area contributed by atoms with E-state index < -0.39 is 0 Å². The Bertz CT molecular complexity index is 491. The zero-order chi connectivity index (χ0) is 13.3. The van der Waals surface area contributed by atoms with Gasteiger partial charge in [0.05, 0.1) is 12.9 Å². The summed E-state index contributed by atoms with van der Waals surface area (Å²) in [7, 11) is 0. The van der Waals surface area contributed by atoms with Crippen molar-refractivity contribution in [3.05, 3.63) is 78.1 Å². The first kappa shape index (κ1) is 13.4. The second kappa shape index (κ2) is 7.39. The summed E-state index contributed by atoms with van der Waals surface area (Å²) in [6, 6.07) is 20.1. The van der Waals surface area contributed by atoms with E-state index in [9.17, 15) is 0 Å². The Morgan fingerprint density at radius 2 is 1.58 bits per heavy atom. The maximum absolute atomic E-state index is 5.59. The lowest BCUT2D eigenvalue weighted by Crippen LogP contribution is -2.09. The minimum atomic E-state index is -0.264. The van der Waals surface area contributed by atoms with E-state index in [-0.39, 0.29) is 6.29 Å². The van der Waals surface area contributed by atoms with E-state index in [1.54, 1.807) is 6.26 Å². The van der Waals surface area contributed by atoms with Crippen molar-refractivity contribution in [2.24, 2.45) is 0 Å². The lowest BCUT2D eigenvalue weighted by Gasteiger charge is -2.12. The van der Waals surface area contributed by atoms with Gasteiger partial charge in [0.15, 0.2) is 6.29 Å². The zero-order valence-corrected chi connectivity index (χ0v) is 11.0. The smallest absolute Gasteiger partial charge is 0.196 e. The molecule has 0 spiro atoms. The largest absolute Gasteiger partial charge is 0.473 e. The second-order valence-electron chi connectivity index (χ2n) is 4.21. The van der Waals surface area contributed by atoms with Gasteiger partial charge in [-0.3, -0.25) is 0 Å². The predicted octanol–water partition coefficient (Wildman–Crippen LogP) is 4.24. The van der Waals surface area contributed by atoms with E-state index in [4.69, 9.17) is 9.47 Å². The number of hydrogen-bond acceptors (Lipinski definition) is 2. The Morgan fingerprint density at radius 3 is 2.26 bits per heavy atom. The third-order valence-corrected chi connectivity index (χ3v) is 2.66. The first-order chi connectivity index (χ1) is 9.34. The monoisotopic (exact) mass is 254 g/mol. The fourth-order valence-electron chi connectivity index (χ4n) is 1.62. The quantitative estimate of drug-likeness (QED) is 0.567. The van der Waals surface area contributed by atoms with Crippen LogP contribution >= 0.6 is 0 Å². The highest BCUT2D eigenvalue weighted by Crippen LogP contribution is 2.06.